The lowest BCUT2D eigenvalue weighted by Gasteiger charge is -2.46. The highest BCUT2D eigenvalue weighted by atomic mass is 19.3. The van der Waals surface area contributed by atoms with E-state index < -0.39 is 78.9 Å². The van der Waals surface area contributed by atoms with Crippen LogP contribution in [0.15, 0.2) is 48.7 Å². The highest BCUT2D eigenvalue weighted by Crippen LogP contribution is 2.39. The topological polar surface area (TPSA) is 230 Å². The van der Waals surface area contributed by atoms with Crippen LogP contribution < -0.4 is 14.8 Å². The molecule has 2 heterocycles. The van der Waals surface area contributed by atoms with Crippen molar-refractivity contribution >= 4 is 11.9 Å². The molecule has 1 saturated heterocycles. The molecule has 17 heteroatoms. The standard InChI is InChI=1S/C28H29F2N5O10/c1-14(37)32-23-20(38)9-28(27(41)42,45-25(23)24(40)21(39)12-36)44-22-7-4-17(8-19(22)26(29)30)35-11-16(33-34-35)13-43-18-5-2-15(10-31)3-6-18/h2-8,11,20-21,23-26,36,38-40H,9,12-13H2,1H3,(H,32,37)(H,41,42)/t20-,21+,23+,24+,25+,28+/m0/s1. The van der Waals surface area contributed by atoms with Crippen molar-refractivity contribution in [3.8, 4) is 23.3 Å². The van der Waals surface area contributed by atoms with Gasteiger partial charge in [-0.2, -0.15) is 5.26 Å². The number of carboxylic acids is 1. The van der Waals surface area contributed by atoms with Crippen molar-refractivity contribution in [1.29, 1.82) is 5.26 Å². The Morgan fingerprint density at radius 1 is 1.24 bits per heavy atom. The van der Waals surface area contributed by atoms with E-state index >= 15 is 0 Å². The lowest BCUT2D eigenvalue weighted by Crippen LogP contribution is -2.68. The van der Waals surface area contributed by atoms with Crippen LogP contribution in [0.5, 0.6) is 11.5 Å². The first kappa shape index (κ1) is 33.2. The summed E-state index contributed by atoms with van der Waals surface area (Å²) in [6, 6.07) is 10.1. The number of nitrogens with zero attached hydrogens (tertiary/aromatic N) is 4. The van der Waals surface area contributed by atoms with E-state index in [9.17, 15) is 43.9 Å². The quantitative estimate of drug-likeness (QED) is 0.157. The number of nitrogens with one attached hydrogen (secondary N) is 1. The number of aromatic nitrogens is 3. The van der Waals surface area contributed by atoms with E-state index in [1.54, 1.807) is 24.3 Å². The molecule has 2 aromatic carbocycles. The minimum Gasteiger partial charge on any atom is -0.487 e. The summed E-state index contributed by atoms with van der Waals surface area (Å²) in [5, 5.41) is 69.7. The van der Waals surface area contributed by atoms with Gasteiger partial charge in [0.1, 0.15) is 42.1 Å². The number of carboxylic acid groups (broad SMARTS) is 1. The lowest BCUT2D eigenvalue weighted by molar-refractivity contribution is -0.284. The normalized spacial score (nSPS) is 22.7. The number of amides is 1. The zero-order chi connectivity index (χ0) is 32.9. The first-order valence-corrected chi connectivity index (χ1v) is 13.4. The molecular formula is C28H29F2N5O10. The number of alkyl halides is 2. The van der Waals surface area contributed by atoms with Crippen LogP contribution in [0.25, 0.3) is 5.69 Å². The van der Waals surface area contributed by atoms with Gasteiger partial charge in [-0.25, -0.2) is 18.3 Å². The maximum Gasteiger partial charge on any atom is 0.377 e. The molecule has 6 atom stereocenters. The Morgan fingerprint density at radius 3 is 2.56 bits per heavy atom. The minimum atomic E-state index is -3.20. The van der Waals surface area contributed by atoms with Crippen LogP contribution in [-0.2, 0) is 20.9 Å². The summed E-state index contributed by atoms with van der Waals surface area (Å²) in [4.78, 5) is 24.2. The molecule has 1 amide bonds. The van der Waals surface area contributed by atoms with Gasteiger partial charge in [-0.15, -0.1) is 5.10 Å². The van der Waals surface area contributed by atoms with Gasteiger partial charge in [0, 0.05) is 6.92 Å². The Bertz CT molecular complexity index is 1550. The van der Waals surface area contributed by atoms with Gasteiger partial charge in [0.05, 0.1) is 54.3 Å². The molecule has 0 unspecified atom stereocenters. The third-order valence-electron chi connectivity index (χ3n) is 6.87. The third kappa shape index (κ3) is 7.50. The van der Waals surface area contributed by atoms with Crippen LogP contribution in [-0.4, -0.2) is 95.3 Å². The summed E-state index contributed by atoms with van der Waals surface area (Å²) in [6.45, 7) is 0.0472. The maximum absolute atomic E-state index is 14.3. The summed E-state index contributed by atoms with van der Waals surface area (Å²) in [6.07, 6.45) is -10.2. The highest BCUT2D eigenvalue weighted by molar-refractivity contribution is 5.77. The Kier molecular flexibility index (Phi) is 10.3. The van der Waals surface area contributed by atoms with Crippen molar-refractivity contribution in [1.82, 2.24) is 20.3 Å². The molecule has 1 fully saturated rings. The summed E-state index contributed by atoms with van der Waals surface area (Å²) in [5.74, 6) is -5.64. The SMILES string of the molecule is CC(=O)N[C@H]1[C@H]([C@H](O)[C@H](O)CO)O[C@@](Oc2ccc(-n3cc(COc4ccc(C#N)cc4)nn3)cc2C(F)F)(C(=O)O)C[C@@H]1O. The molecule has 3 aromatic rings. The minimum absolute atomic E-state index is 0.0347. The van der Waals surface area contributed by atoms with E-state index in [-0.39, 0.29) is 12.3 Å². The molecule has 4 rings (SSSR count). The molecule has 15 nitrogen and oxygen atoms in total. The molecule has 0 aliphatic carbocycles. The molecular weight excluding hydrogens is 604 g/mol. The number of nitriles is 1. The molecule has 0 spiro atoms. The van der Waals surface area contributed by atoms with Gasteiger partial charge < -0.3 is 45.1 Å². The number of carbonyl (C=O) groups excluding carboxylic acids is 1. The van der Waals surface area contributed by atoms with E-state index in [0.29, 0.717) is 17.0 Å². The molecule has 1 aliphatic heterocycles. The van der Waals surface area contributed by atoms with E-state index in [4.69, 9.17) is 19.5 Å². The number of aliphatic hydroxyl groups is 4. The zero-order valence-corrected chi connectivity index (χ0v) is 23.5. The van der Waals surface area contributed by atoms with Crippen LogP contribution >= 0.6 is 0 Å². The first-order valence-electron chi connectivity index (χ1n) is 13.4. The van der Waals surface area contributed by atoms with Crippen LogP contribution in [0, 0.1) is 11.3 Å². The number of ether oxygens (including phenoxy) is 3. The van der Waals surface area contributed by atoms with E-state index in [1.807, 2.05) is 6.07 Å². The average molecular weight is 634 g/mol. The van der Waals surface area contributed by atoms with E-state index in [0.717, 1.165) is 19.1 Å². The second kappa shape index (κ2) is 13.9. The number of carbonyl (C=O) groups is 2. The fourth-order valence-corrected chi connectivity index (χ4v) is 4.62. The number of hydrogen-bond acceptors (Lipinski definition) is 12. The second-order valence-corrected chi connectivity index (χ2v) is 10.1. The summed E-state index contributed by atoms with van der Waals surface area (Å²) in [7, 11) is 0. The average Bonchev–Trinajstić information content (AvgIpc) is 3.49. The molecule has 0 radical (unpaired) electrons. The molecule has 1 aromatic heterocycles. The van der Waals surface area contributed by atoms with Gasteiger partial charge in [-0.3, -0.25) is 4.79 Å². The van der Waals surface area contributed by atoms with Crippen LogP contribution in [0.4, 0.5) is 8.78 Å². The van der Waals surface area contributed by atoms with Gasteiger partial charge in [-0.05, 0) is 42.5 Å². The fourth-order valence-electron chi connectivity index (χ4n) is 4.62. The van der Waals surface area contributed by atoms with Crippen molar-refractivity contribution in [2.75, 3.05) is 6.61 Å². The van der Waals surface area contributed by atoms with Crippen molar-refractivity contribution in [2.45, 2.75) is 62.6 Å². The number of halogens is 2. The Hall–Kier alpha value is -4.73. The number of aliphatic hydroxyl groups excluding tert-OH is 4. The number of aliphatic carboxylic acids is 1. The first-order chi connectivity index (χ1) is 21.4. The number of hydrogen-bond donors (Lipinski definition) is 6. The van der Waals surface area contributed by atoms with Crippen molar-refractivity contribution < 1.29 is 58.1 Å². The van der Waals surface area contributed by atoms with Crippen molar-refractivity contribution in [3.05, 3.63) is 65.5 Å². The Labute approximate surface area is 253 Å². The van der Waals surface area contributed by atoms with Crippen molar-refractivity contribution in [3.63, 3.8) is 0 Å². The molecule has 6 N–H and O–H groups in total. The van der Waals surface area contributed by atoms with Crippen LogP contribution in [0.3, 0.4) is 0 Å². The predicted octanol–water partition coefficient (Wildman–Crippen LogP) is 0.184. The van der Waals surface area contributed by atoms with Crippen LogP contribution in [0.2, 0.25) is 0 Å². The summed E-state index contributed by atoms with van der Waals surface area (Å²) < 4.78 is 46.3. The lowest BCUT2D eigenvalue weighted by atomic mass is 9.88. The van der Waals surface area contributed by atoms with Gasteiger partial charge in [0.25, 0.3) is 6.43 Å². The molecule has 45 heavy (non-hydrogen) atoms. The second-order valence-electron chi connectivity index (χ2n) is 10.1. The van der Waals surface area contributed by atoms with Gasteiger partial charge in [-0.1, -0.05) is 5.21 Å². The summed E-state index contributed by atoms with van der Waals surface area (Å²) in [5.41, 5.74) is 0.0849. The van der Waals surface area contributed by atoms with E-state index in [1.165, 1.54) is 16.9 Å². The van der Waals surface area contributed by atoms with Crippen LogP contribution in [0.1, 0.15) is 36.6 Å². The Balaban J connectivity index is 1.59. The highest BCUT2D eigenvalue weighted by Gasteiger charge is 2.57. The van der Waals surface area contributed by atoms with Gasteiger partial charge in [0.15, 0.2) is 0 Å². The largest absolute Gasteiger partial charge is 0.487 e. The fraction of sp³-hybridized carbons (Fsp3) is 0.393. The molecule has 240 valence electrons. The molecule has 0 saturated carbocycles. The monoisotopic (exact) mass is 633 g/mol. The predicted molar refractivity (Wildman–Crippen MR) is 145 cm³/mol. The number of benzene rings is 2. The smallest absolute Gasteiger partial charge is 0.377 e. The molecule has 0 bridgehead atoms. The van der Waals surface area contributed by atoms with E-state index in [2.05, 4.69) is 15.6 Å². The van der Waals surface area contributed by atoms with Gasteiger partial charge in [0.2, 0.25) is 5.91 Å². The third-order valence-corrected chi connectivity index (χ3v) is 6.87. The number of rotatable bonds is 12. The molecule has 1 aliphatic rings. The summed E-state index contributed by atoms with van der Waals surface area (Å²) >= 11 is 0. The van der Waals surface area contributed by atoms with Gasteiger partial charge >= 0.3 is 11.8 Å². The zero-order valence-electron chi connectivity index (χ0n) is 23.5. The van der Waals surface area contributed by atoms with Crippen molar-refractivity contribution in [2.24, 2.45) is 0 Å². The Morgan fingerprint density at radius 2 is 1.96 bits per heavy atom. The maximum atomic E-state index is 14.3.